The Morgan fingerprint density at radius 2 is 2.25 bits per heavy atom. The third-order valence-corrected chi connectivity index (χ3v) is 3.76. The Hall–Kier alpha value is -0.840. The van der Waals surface area contributed by atoms with Crippen LogP contribution in [-0.2, 0) is 14.6 Å². The smallest absolute Gasteiger partial charge is 0.303 e. The van der Waals surface area contributed by atoms with Crippen LogP contribution in [0, 0.1) is 0 Å². The molecular formula is C7H10O4S. The van der Waals surface area contributed by atoms with E-state index in [-0.39, 0.29) is 18.6 Å². The first kappa shape index (κ1) is 9.25. The van der Waals surface area contributed by atoms with Crippen LogP contribution in [0.4, 0.5) is 0 Å². The predicted octanol–water partition coefficient (Wildman–Crippen LogP) is 0.204. The summed E-state index contributed by atoms with van der Waals surface area (Å²) < 4.78 is 22.2. The molecule has 1 aliphatic heterocycles. The van der Waals surface area contributed by atoms with Gasteiger partial charge in [0.2, 0.25) is 0 Å². The highest BCUT2D eigenvalue weighted by Crippen LogP contribution is 2.17. The molecule has 68 valence electrons. The van der Waals surface area contributed by atoms with Crippen LogP contribution in [0.2, 0.25) is 0 Å². The first-order valence-corrected chi connectivity index (χ1v) is 5.34. The summed E-state index contributed by atoms with van der Waals surface area (Å²) in [5, 5.41) is 7.75. The van der Waals surface area contributed by atoms with Gasteiger partial charge in [0, 0.05) is 6.42 Å². The number of hydrogen-bond donors (Lipinski definition) is 1. The van der Waals surface area contributed by atoms with E-state index in [0.717, 1.165) is 0 Å². The van der Waals surface area contributed by atoms with Gasteiger partial charge in [-0.3, -0.25) is 4.79 Å². The van der Waals surface area contributed by atoms with Gasteiger partial charge in [-0.05, 0) is 6.42 Å². The molecule has 0 saturated heterocycles. The summed E-state index contributed by atoms with van der Waals surface area (Å²) in [6.45, 7) is 0. The molecule has 1 atom stereocenters. The average molecular weight is 190 g/mol. The second-order valence-electron chi connectivity index (χ2n) is 2.73. The van der Waals surface area contributed by atoms with Gasteiger partial charge >= 0.3 is 5.97 Å². The SMILES string of the molecule is O=C(O)CCC1C=CCS1(=O)=O. The van der Waals surface area contributed by atoms with E-state index in [9.17, 15) is 13.2 Å². The minimum atomic E-state index is -3.06. The maximum absolute atomic E-state index is 11.1. The molecule has 5 heteroatoms. The maximum Gasteiger partial charge on any atom is 0.303 e. The number of hydrogen-bond acceptors (Lipinski definition) is 3. The van der Waals surface area contributed by atoms with E-state index in [0.29, 0.717) is 0 Å². The minimum absolute atomic E-state index is 0.0529. The molecule has 0 bridgehead atoms. The van der Waals surface area contributed by atoms with Crippen molar-refractivity contribution < 1.29 is 18.3 Å². The topological polar surface area (TPSA) is 71.4 Å². The predicted molar refractivity (Wildman–Crippen MR) is 43.6 cm³/mol. The highest BCUT2D eigenvalue weighted by Gasteiger charge is 2.26. The fraction of sp³-hybridized carbons (Fsp3) is 0.571. The van der Waals surface area contributed by atoms with Crippen LogP contribution in [-0.4, -0.2) is 30.5 Å². The van der Waals surface area contributed by atoms with E-state index in [1.165, 1.54) is 0 Å². The van der Waals surface area contributed by atoms with E-state index in [1.54, 1.807) is 12.2 Å². The zero-order valence-electron chi connectivity index (χ0n) is 6.43. The Balaban J connectivity index is 2.53. The normalized spacial score (nSPS) is 25.8. The standard InChI is InChI=1S/C7H10O4S/c8-7(9)4-3-6-2-1-5-12(6,10)11/h1-2,6H,3-5H2,(H,8,9). The van der Waals surface area contributed by atoms with Gasteiger partial charge in [0.15, 0.2) is 9.84 Å². The van der Waals surface area contributed by atoms with Crippen LogP contribution in [0.3, 0.4) is 0 Å². The molecule has 12 heavy (non-hydrogen) atoms. The van der Waals surface area contributed by atoms with Crippen LogP contribution in [0.25, 0.3) is 0 Å². The lowest BCUT2D eigenvalue weighted by atomic mass is 10.2. The molecule has 0 saturated carbocycles. The van der Waals surface area contributed by atoms with Crippen LogP contribution in [0.15, 0.2) is 12.2 Å². The summed E-state index contributed by atoms with van der Waals surface area (Å²) in [4.78, 5) is 10.1. The van der Waals surface area contributed by atoms with Gasteiger partial charge in [0.05, 0.1) is 11.0 Å². The number of carbonyl (C=O) groups is 1. The average Bonchev–Trinajstić information content (AvgIpc) is 2.25. The largest absolute Gasteiger partial charge is 0.481 e. The Kier molecular flexibility index (Phi) is 2.52. The summed E-state index contributed by atoms with van der Waals surface area (Å²) >= 11 is 0. The molecule has 0 aromatic heterocycles. The molecule has 4 nitrogen and oxygen atoms in total. The molecule has 0 fully saturated rings. The first-order valence-electron chi connectivity index (χ1n) is 3.62. The lowest BCUT2D eigenvalue weighted by molar-refractivity contribution is -0.137. The molecule has 1 heterocycles. The minimum Gasteiger partial charge on any atom is -0.481 e. The molecule has 0 aliphatic carbocycles. The van der Waals surface area contributed by atoms with Crippen molar-refractivity contribution in [2.45, 2.75) is 18.1 Å². The second-order valence-corrected chi connectivity index (χ2v) is 4.99. The number of carboxylic acid groups (broad SMARTS) is 1. The Labute approximate surface area is 70.8 Å². The van der Waals surface area contributed by atoms with Crippen LogP contribution >= 0.6 is 0 Å². The molecule has 0 radical (unpaired) electrons. The quantitative estimate of drug-likeness (QED) is 0.645. The van der Waals surface area contributed by atoms with Crippen LogP contribution in [0.5, 0.6) is 0 Å². The van der Waals surface area contributed by atoms with E-state index < -0.39 is 21.1 Å². The van der Waals surface area contributed by atoms with Gasteiger partial charge in [0.25, 0.3) is 0 Å². The van der Waals surface area contributed by atoms with E-state index in [1.807, 2.05) is 0 Å². The maximum atomic E-state index is 11.1. The highest BCUT2D eigenvalue weighted by atomic mass is 32.2. The van der Waals surface area contributed by atoms with Crippen molar-refractivity contribution >= 4 is 15.8 Å². The summed E-state index contributed by atoms with van der Waals surface area (Å²) in [7, 11) is -3.06. The fourth-order valence-electron chi connectivity index (χ4n) is 1.13. The Morgan fingerprint density at radius 3 is 2.67 bits per heavy atom. The van der Waals surface area contributed by atoms with Crippen molar-refractivity contribution in [3.8, 4) is 0 Å². The summed E-state index contributed by atoms with van der Waals surface area (Å²) in [6.07, 6.45) is 3.24. The third kappa shape index (κ3) is 2.07. The molecule has 0 aromatic carbocycles. The Morgan fingerprint density at radius 1 is 1.58 bits per heavy atom. The summed E-state index contributed by atoms with van der Waals surface area (Å²) in [5.74, 6) is -0.900. The molecule has 0 amide bonds. The molecular weight excluding hydrogens is 180 g/mol. The van der Waals surface area contributed by atoms with Crippen LogP contribution < -0.4 is 0 Å². The van der Waals surface area contributed by atoms with Gasteiger partial charge in [-0.25, -0.2) is 8.42 Å². The van der Waals surface area contributed by atoms with Gasteiger partial charge in [0.1, 0.15) is 0 Å². The number of aliphatic carboxylic acids is 1. The lowest BCUT2D eigenvalue weighted by Crippen LogP contribution is -2.17. The third-order valence-electron chi connectivity index (χ3n) is 1.78. The van der Waals surface area contributed by atoms with Gasteiger partial charge in [-0.2, -0.15) is 0 Å². The Bertz CT molecular complexity index is 301. The zero-order valence-corrected chi connectivity index (χ0v) is 7.25. The number of sulfone groups is 1. The van der Waals surface area contributed by atoms with Gasteiger partial charge in [-0.15, -0.1) is 0 Å². The molecule has 1 unspecified atom stereocenters. The zero-order chi connectivity index (χ0) is 9.19. The first-order chi connectivity index (χ1) is 5.52. The fourth-order valence-corrected chi connectivity index (χ4v) is 2.58. The van der Waals surface area contributed by atoms with Crippen molar-refractivity contribution in [2.24, 2.45) is 0 Å². The molecule has 1 rings (SSSR count). The number of carboxylic acids is 1. The molecule has 0 spiro atoms. The molecule has 1 aliphatic rings. The second kappa shape index (κ2) is 3.26. The number of rotatable bonds is 3. The lowest BCUT2D eigenvalue weighted by Gasteiger charge is -2.04. The summed E-state index contributed by atoms with van der Waals surface area (Å²) in [5.41, 5.74) is 0. The molecule has 1 N–H and O–H groups in total. The van der Waals surface area contributed by atoms with Crippen LogP contribution in [0.1, 0.15) is 12.8 Å². The van der Waals surface area contributed by atoms with Crippen molar-refractivity contribution in [2.75, 3.05) is 5.75 Å². The van der Waals surface area contributed by atoms with Crippen molar-refractivity contribution in [1.82, 2.24) is 0 Å². The highest BCUT2D eigenvalue weighted by molar-refractivity contribution is 7.92. The van der Waals surface area contributed by atoms with Crippen molar-refractivity contribution in [3.63, 3.8) is 0 Å². The van der Waals surface area contributed by atoms with E-state index >= 15 is 0 Å². The van der Waals surface area contributed by atoms with Gasteiger partial charge in [-0.1, -0.05) is 12.2 Å². The summed E-state index contributed by atoms with van der Waals surface area (Å²) in [6, 6.07) is 0. The van der Waals surface area contributed by atoms with Crippen molar-refractivity contribution in [3.05, 3.63) is 12.2 Å². The van der Waals surface area contributed by atoms with E-state index in [2.05, 4.69) is 0 Å². The van der Waals surface area contributed by atoms with Crippen molar-refractivity contribution in [1.29, 1.82) is 0 Å². The van der Waals surface area contributed by atoms with E-state index in [4.69, 9.17) is 5.11 Å². The van der Waals surface area contributed by atoms with Gasteiger partial charge < -0.3 is 5.11 Å². The molecule has 0 aromatic rings. The monoisotopic (exact) mass is 190 g/mol.